The molecule has 0 heterocycles. The normalized spacial score (nSPS) is 11.3. The molecule has 0 aliphatic rings. The molecule has 0 saturated heterocycles. The average Bonchev–Trinajstić information content (AvgIpc) is 1.88. The molecule has 10 heavy (non-hydrogen) atoms. The topological polar surface area (TPSA) is 34.1 Å². The van der Waals surface area contributed by atoms with E-state index in [0.29, 0.717) is 0 Å². The fourth-order valence-electron chi connectivity index (χ4n) is 0.583. The second-order valence-electron chi connectivity index (χ2n) is 1.75. The standard InChI is InChI=1S/C6H5O2S.Mn/c7-9(8)6-4-2-1-3-5-6;/h1-5H;. The quantitative estimate of drug-likeness (QED) is 0.626. The fourth-order valence-corrected chi connectivity index (χ4v) is 1.55. The summed E-state index contributed by atoms with van der Waals surface area (Å²) in [4.78, 5) is 0.287. The zero-order chi connectivity index (χ0) is 7.61. The summed E-state index contributed by atoms with van der Waals surface area (Å²) in [5, 5.41) is 0. The van der Waals surface area contributed by atoms with Gasteiger partial charge in [0, 0.05) is 0 Å². The van der Waals surface area contributed by atoms with E-state index in [0.717, 1.165) is 0 Å². The van der Waals surface area contributed by atoms with Crippen LogP contribution in [0.1, 0.15) is 0 Å². The van der Waals surface area contributed by atoms with Crippen molar-refractivity contribution in [2.24, 2.45) is 0 Å². The minimum atomic E-state index is -3.19. The third-order valence-electron chi connectivity index (χ3n) is 1.02. The molecule has 0 radical (unpaired) electrons. The number of rotatable bonds is 1. The Morgan fingerprint density at radius 2 is 1.60 bits per heavy atom. The van der Waals surface area contributed by atoms with Crippen molar-refractivity contribution in [1.82, 2.24) is 0 Å². The third-order valence-corrected chi connectivity index (χ3v) is 2.69. The van der Waals surface area contributed by atoms with Crippen molar-refractivity contribution >= 4 is 8.26 Å². The van der Waals surface area contributed by atoms with Gasteiger partial charge in [0.25, 0.3) is 0 Å². The molecular weight excluding hydrogens is 191 g/mol. The monoisotopic (exact) mass is 196 g/mol. The molecule has 0 spiro atoms. The van der Waals surface area contributed by atoms with Crippen molar-refractivity contribution in [3.05, 3.63) is 30.3 Å². The molecule has 1 aromatic rings. The number of hydrogen-bond donors (Lipinski definition) is 0. The van der Waals surface area contributed by atoms with Crippen molar-refractivity contribution in [3.63, 3.8) is 0 Å². The molecule has 4 heteroatoms. The molecule has 2 nitrogen and oxygen atoms in total. The molecule has 0 atom stereocenters. The van der Waals surface area contributed by atoms with Gasteiger partial charge in [0.15, 0.2) is 0 Å². The zero-order valence-corrected chi connectivity index (χ0v) is 6.99. The Balaban J connectivity index is 3.22. The van der Waals surface area contributed by atoms with Crippen LogP contribution in [0, 0.1) is 0 Å². The summed E-state index contributed by atoms with van der Waals surface area (Å²) in [5.74, 6) is 0. The van der Waals surface area contributed by atoms with Crippen LogP contribution in [0.25, 0.3) is 0 Å². The first-order chi connectivity index (χ1) is 4.61. The van der Waals surface area contributed by atoms with Gasteiger partial charge in [-0.05, 0) is 0 Å². The Morgan fingerprint density at radius 3 is 1.90 bits per heavy atom. The molecule has 0 aromatic heterocycles. The molecule has 0 bridgehead atoms. The van der Waals surface area contributed by atoms with Crippen molar-refractivity contribution in [1.29, 1.82) is 0 Å². The van der Waals surface area contributed by atoms with Crippen molar-refractivity contribution in [2.45, 2.75) is 4.90 Å². The van der Waals surface area contributed by atoms with Crippen LogP contribution in [-0.2, 0) is 23.1 Å². The number of hydrogen-bond acceptors (Lipinski definition) is 2. The maximum atomic E-state index is 10.7. The van der Waals surface area contributed by atoms with E-state index in [-0.39, 0.29) is 4.90 Å². The van der Waals surface area contributed by atoms with Gasteiger partial charge in [0.2, 0.25) is 0 Å². The Labute approximate surface area is 67.1 Å². The van der Waals surface area contributed by atoms with Crippen LogP contribution in [0.5, 0.6) is 0 Å². The van der Waals surface area contributed by atoms with E-state index in [9.17, 15) is 8.42 Å². The van der Waals surface area contributed by atoms with Crippen LogP contribution in [0.3, 0.4) is 0 Å². The van der Waals surface area contributed by atoms with Gasteiger partial charge in [0.1, 0.15) is 0 Å². The van der Waals surface area contributed by atoms with E-state index < -0.39 is 8.26 Å². The van der Waals surface area contributed by atoms with E-state index in [4.69, 9.17) is 0 Å². The first-order valence-corrected chi connectivity index (χ1v) is 5.43. The van der Waals surface area contributed by atoms with Gasteiger partial charge in [-0.25, -0.2) is 0 Å². The molecule has 0 amide bonds. The van der Waals surface area contributed by atoms with E-state index in [1.54, 1.807) is 18.2 Å². The summed E-state index contributed by atoms with van der Waals surface area (Å²) in [6, 6.07) is 8.18. The van der Waals surface area contributed by atoms with Crippen LogP contribution in [0.2, 0.25) is 0 Å². The third kappa shape index (κ3) is 1.84. The van der Waals surface area contributed by atoms with Crippen LogP contribution in [0.15, 0.2) is 35.2 Å². The Bertz CT molecular complexity index is 304. The van der Waals surface area contributed by atoms with Gasteiger partial charge in [-0.3, -0.25) is 0 Å². The predicted molar refractivity (Wildman–Crippen MR) is 33.6 cm³/mol. The Hall–Kier alpha value is -0.311. The van der Waals surface area contributed by atoms with Gasteiger partial charge in [0.05, 0.1) is 0 Å². The van der Waals surface area contributed by atoms with Gasteiger partial charge in [-0.1, -0.05) is 0 Å². The first-order valence-electron chi connectivity index (χ1n) is 2.60. The summed E-state index contributed by atoms with van der Waals surface area (Å²) in [6.07, 6.45) is 0. The molecule has 0 aliphatic carbocycles. The molecule has 0 N–H and O–H groups in total. The molecular formula is C6H5MnO2S. The summed E-state index contributed by atoms with van der Waals surface area (Å²) in [6.45, 7) is 0. The summed E-state index contributed by atoms with van der Waals surface area (Å²) >= 11 is 2.56. The van der Waals surface area contributed by atoms with Crippen molar-refractivity contribution in [2.75, 3.05) is 0 Å². The second-order valence-corrected chi connectivity index (χ2v) is 5.00. The summed E-state index contributed by atoms with van der Waals surface area (Å²) < 4.78 is 21.5. The molecule has 0 unspecified atom stereocenters. The molecule has 54 valence electrons. The Morgan fingerprint density at radius 1 is 1.10 bits per heavy atom. The van der Waals surface area contributed by atoms with Gasteiger partial charge in [-0.2, -0.15) is 0 Å². The van der Waals surface area contributed by atoms with Gasteiger partial charge in [-0.15, -0.1) is 0 Å². The number of benzene rings is 1. The van der Waals surface area contributed by atoms with Crippen LogP contribution in [-0.4, -0.2) is 8.42 Å². The minimum absolute atomic E-state index is 0.287. The SMILES string of the molecule is O=[S](=O)([Mn])c1ccccc1. The van der Waals surface area contributed by atoms with Gasteiger partial charge < -0.3 is 0 Å². The van der Waals surface area contributed by atoms with E-state index in [2.05, 4.69) is 14.9 Å². The molecule has 1 aromatic carbocycles. The average molecular weight is 196 g/mol. The van der Waals surface area contributed by atoms with E-state index in [1.165, 1.54) is 12.1 Å². The van der Waals surface area contributed by atoms with E-state index >= 15 is 0 Å². The van der Waals surface area contributed by atoms with Crippen LogP contribution < -0.4 is 0 Å². The fraction of sp³-hybridized carbons (Fsp3) is 0. The second kappa shape index (κ2) is 2.74. The predicted octanol–water partition coefficient (Wildman–Crippen LogP) is 0.922. The van der Waals surface area contributed by atoms with Crippen LogP contribution in [0.4, 0.5) is 0 Å². The van der Waals surface area contributed by atoms with Crippen LogP contribution >= 0.6 is 0 Å². The summed E-state index contributed by atoms with van der Waals surface area (Å²) in [7, 11) is -3.19. The summed E-state index contributed by atoms with van der Waals surface area (Å²) in [5.41, 5.74) is 0. The first kappa shape index (κ1) is 7.79. The van der Waals surface area contributed by atoms with Gasteiger partial charge >= 0.3 is 66.8 Å². The van der Waals surface area contributed by atoms with E-state index in [1.807, 2.05) is 0 Å². The van der Waals surface area contributed by atoms with Crippen molar-refractivity contribution in [3.8, 4) is 0 Å². The maximum absolute atomic E-state index is 10.7. The molecule has 1 rings (SSSR count). The molecule has 0 aliphatic heterocycles. The molecule has 0 fully saturated rings. The zero-order valence-electron chi connectivity index (χ0n) is 4.99. The Kier molecular flexibility index (Phi) is 2.14. The molecule has 0 saturated carbocycles. The van der Waals surface area contributed by atoms with Crippen molar-refractivity contribution < 1.29 is 23.3 Å².